The number of benzene rings is 1. The van der Waals surface area contributed by atoms with Crippen molar-refractivity contribution in [3.63, 3.8) is 0 Å². The van der Waals surface area contributed by atoms with Gasteiger partial charge in [0.15, 0.2) is 9.84 Å². The second-order valence-electron chi connectivity index (χ2n) is 4.79. The van der Waals surface area contributed by atoms with E-state index in [0.29, 0.717) is 5.56 Å². The number of carbonyl (C=O) groups excluding carboxylic acids is 1. The van der Waals surface area contributed by atoms with Crippen LogP contribution in [0.5, 0.6) is 0 Å². The summed E-state index contributed by atoms with van der Waals surface area (Å²) in [5.74, 6) is -0.766. The van der Waals surface area contributed by atoms with E-state index in [2.05, 4.69) is 0 Å². The molecule has 1 amide bonds. The first-order valence-electron chi connectivity index (χ1n) is 6.22. The number of aromatic nitrogens is 1. The van der Waals surface area contributed by atoms with Crippen LogP contribution in [0.3, 0.4) is 0 Å². The standard InChI is InChI=1S/C14H14ClN3O3S/c1-22(20,21)12-5-3-2-4-9(12)7-18-8-10(15)6-11(13(18)16)14(17)19/h2-6,8,16H,7H2,1H3,(H2,17,19). The summed E-state index contributed by atoms with van der Waals surface area (Å²) in [5.41, 5.74) is 5.57. The Morgan fingerprint density at radius 3 is 2.59 bits per heavy atom. The molecule has 0 saturated heterocycles. The van der Waals surface area contributed by atoms with Crippen molar-refractivity contribution >= 4 is 27.3 Å². The summed E-state index contributed by atoms with van der Waals surface area (Å²) in [4.78, 5) is 11.5. The van der Waals surface area contributed by atoms with Gasteiger partial charge in [-0.3, -0.25) is 10.2 Å². The summed E-state index contributed by atoms with van der Waals surface area (Å²) in [6, 6.07) is 7.78. The van der Waals surface area contributed by atoms with Crippen LogP contribution < -0.4 is 11.2 Å². The Labute approximate surface area is 132 Å². The predicted molar refractivity (Wildman–Crippen MR) is 82.5 cm³/mol. The number of halogens is 1. The van der Waals surface area contributed by atoms with E-state index < -0.39 is 15.7 Å². The molecule has 0 unspecified atom stereocenters. The molecule has 2 rings (SSSR count). The molecule has 0 spiro atoms. The summed E-state index contributed by atoms with van der Waals surface area (Å²) in [6.45, 7) is 0.0862. The zero-order valence-electron chi connectivity index (χ0n) is 11.7. The van der Waals surface area contributed by atoms with Crippen molar-refractivity contribution in [2.24, 2.45) is 5.73 Å². The van der Waals surface area contributed by atoms with Gasteiger partial charge >= 0.3 is 0 Å². The van der Waals surface area contributed by atoms with Gasteiger partial charge in [0, 0.05) is 12.5 Å². The number of amides is 1. The van der Waals surface area contributed by atoms with Gasteiger partial charge in [-0.15, -0.1) is 0 Å². The van der Waals surface area contributed by atoms with Crippen LogP contribution in [0, 0.1) is 5.41 Å². The van der Waals surface area contributed by atoms with Gasteiger partial charge in [-0.2, -0.15) is 0 Å². The zero-order valence-corrected chi connectivity index (χ0v) is 13.3. The fraction of sp³-hybridized carbons (Fsp3) is 0.143. The van der Waals surface area contributed by atoms with E-state index in [9.17, 15) is 13.2 Å². The third-order valence-corrected chi connectivity index (χ3v) is 4.49. The molecule has 0 aliphatic rings. The first kappa shape index (κ1) is 16.3. The molecule has 0 atom stereocenters. The van der Waals surface area contributed by atoms with Crippen LogP contribution in [0.25, 0.3) is 0 Å². The lowest BCUT2D eigenvalue weighted by atomic mass is 10.2. The van der Waals surface area contributed by atoms with E-state index >= 15 is 0 Å². The fourth-order valence-electron chi connectivity index (χ4n) is 2.10. The highest BCUT2D eigenvalue weighted by Gasteiger charge is 2.14. The van der Waals surface area contributed by atoms with Gasteiger partial charge in [-0.25, -0.2) is 8.42 Å². The Morgan fingerprint density at radius 2 is 2.00 bits per heavy atom. The van der Waals surface area contributed by atoms with E-state index in [1.807, 2.05) is 0 Å². The second kappa shape index (κ2) is 5.94. The number of hydrogen-bond acceptors (Lipinski definition) is 4. The summed E-state index contributed by atoms with van der Waals surface area (Å²) in [5, 5.41) is 8.24. The van der Waals surface area contributed by atoms with Crippen LogP contribution in [-0.2, 0) is 16.4 Å². The van der Waals surface area contributed by atoms with Crippen LogP contribution >= 0.6 is 11.6 Å². The molecule has 8 heteroatoms. The molecule has 1 heterocycles. The monoisotopic (exact) mass is 339 g/mol. The number of nitrogens with one attached hydrogen (secondary N) is 1. The summed E-state index contributed by atoms with van der Waals surface area (Å²) < 4.78 is 25.0. The number of carbonyl (C=O) groups is 1. The van der Waals surface area contributed by atoms with Gasteiger partial charge in [0.1, 0.15) is 5.49 Å². The smallest absolute Gasteiger partial charge is 0.252 e. The highest BCUT2D eigenvalue weighted by atomic mass is 35.5. The number of nitrogens with zero attached hydrogens (tertiary/aromatic N) is 1. The van der Waals surface area contributed by atoms with Crippen LogP contribution in [0.1, 0.15) is 15.9 Å². The van der Waals surface area contributed by atoms with Gasteiger partial charge in [0.2, 0.25) is 0 Å². The Hall–Kier alpha value is -2.12. The molecule has 116 valence electrons. The van der Waals surface area contributed by atoms with Crippen LogP contribution in [0.4, 0.5) is 0 Å². The van der Waals surface area contributed by atoms with Crippen LogP contribution in [0.2, 0.25) is 5.02 Å². The number of pyridine rings is 1. The number of sulfone groups is 1. The highest BCUT2D eigenvalue weighted by Crippen LogP contribution is 2.17. The van der Waals surface area contributed by atoms with E-state index in [-0.39, 0.29) is 27.5 Å². The average Bonchev–Trinajstić information content (AvgIpc) is 2.41. The van der Waals surface area contributed by atoms with E-state index in [1.54, 1.807) is 18.2 Å². The Bertz CT molecular complexity index is 904. The fourth-order valence-corrected chi connectivity index (χ4v) is 3.27. The molecule has 1 aromatic heterocycles. The molecule has 0 saturated carbocycles. The summed E-state index contributed by atoms with van der Waals surface area (Å²) in [7, 11) is -3.40. The topological polar surface area (TPSA) is 106 Å². The van der Waals surface area contributed by atoms with Gasteiger partial charge in [0.25, 0.3) is 5.91 Å². The maximum atomic E-state index is 11.8. The number of rotatable bonds is 4. The Morgan fingerprint density at radius 1 is 1.36 bits per heavy atom. The minimum Gasteiger partial charge on any atom is -0.365 e. The summed E-state index contributed by atoms with van der Waals surface area (Å²) in [6.07, 6.45) is 2.57. The normalized spacial score (nSPS) is 11.4. The lowest BCUT2D eigenvalue weighted by molar-refractivity contribution is 0.0997. The molecular weight excluding hydrogens is 326 g/mol. The molecule has 0 bridgehead atoms. The van der Waals surface area contributed by atoms with Gasteiger partial charge in [0.05, 0.1) is 22.0 Å². The van der Waals surface area contributed by atoms with E-state index in [4.69, 9.17) is 22.7 Å². The molecule has 0 aliphatic heterocycles. The van der Waals surface area contributed by atoms with Crippen molar-refractivity contribution < 1.29 is 13.2 Å². The lowest BCUT2D eigenvalue weighted by Gasteiger charge is -2.12. The zero-order chi connectivity index (χ0) is 16.5. The maximum Gasteiger partial charge on any atom is 0.252 e. The maximum absolute atomic E-state index is 11.8. The third-order valence-electron chi connectivity index (χ3n) is 3.08. The third kappa shape index (κ3) is 3.37. The Kier molecular flexibility index (Phi) is 4.39. The molecule has 3 N–H and O–H groups in total. The quantitative estimate of drug-likeness (QED) is 0.873. The summed E-state index contributed by atoms with van der Waals surface area (Å²) >= 11 is 5.93. The molecule has 22 heavy (non-hydrogen) atoms. The van der Waals surface area contributed by atoms with Crippen molar-refractivity contribution in [2.45, 2.75) is 11.4 Å². The SMILES string of the molecule is CS(=O)(=O)c1ccccc1Cn1cc(Cl)cc(C(N)=O)c1=N. The molecule has 0 radical (unpaired) electrons. The highest BCUT2D eigenvalue weighted by molar-refractivity contribution is 7.90. The molecule has 6 nitrogen and oxygen atoms in total. The first-order chi connectivity index (χ1) is 10.2. The predicted octanol–water partition coefficient (Wildman–Crippen LogP) is 1.17. The average molecular weight is 340 g/mol. The van der Waals surface area contributed by atoms with Crippen molar-refractivity contribution in [1.82, 2.24) is 4.57 Å². The van der Waals surface area contributed by atoms with Gasteiger partial charge in [-0.05, 0) is 17.7 Å². The largest absolute Gasteiger partial charge is 0.365 e. The van der Waals surface area contributed by atoms with Crippen molar-refractivity contribution in [3.8, 4) is 0 Å². The van der Waals surface area contributed by atoms with Crippen LogP contribution in [-0.4, -0.2) is 25.1 Å². The first-order valence-corrected chi connectivity index (χ1v) is 8.49. The van der Waals surface area contributed by atoms with Gasteiger partial charge in [-0.1, -0.05) is 29.8 Å². The molecule has 2 aromatic rings. The Balaban J connectivity index is 2.59. The van der Waals surface area contributed by atoms with Crippen molar-refractivity contribution in [3.05, 3.63) is 58.2 Å². The second-order valence-corrected chi connectivity index (χ2v) is 7.21. The van der Waals surface area contributed by atoms with Crippen molar-refractivity contribution in [2.75, 3.05) is 6.26 Å². The molecular formula is C14H14ClN3O3S. The van der Waals surface area contributed by atoms with Gasteiger partial charge < -0.3 is 10.3 Å². The molecule has 1 aromatic carbocycles. The molecule has 0 aliphatic carbocycles. The number of nitrogens with two attached hydrogens (primary N) is 1. The van der Waals surface area contributed by atoms with E-state index in [1.165, 1.54) is 22.9 Å². The van der Waals surface area contributed by atoms with E-state index in [0.717, 1.165) is 6.26 Å². The minimum absolute atomic E-state index is 0.0238. The molecule has 0 fully saturated rings. The van der Waals surface area contributed by atoms with Crippen LogP contribution in [0.15, 0.2) is 41.4 Å². The van der Waals surface area contributed by atoms with Crippen molar-refractivity contribution in [1.29, 1.82) is 5.41 Å². The lowest BCUT2D eigenvalue weighted by Crippen LogP contribution is -2.30. The number of primary amides is 1. The minimum atomic E-state index is -3.40. The number of hydrogen-bond donors (Lipinski definition) is 2.